The molecule has 1 N–H and O–H groups in total. The predicted molar refractivity (Wildman–Crippen MR) is 105 cm³/mol. The number of amides is 1. The standard InChI is InChI=1S/C19H24ClN3O3S/c1-14-6-5-9-23(12-14)27(25,26)16-10-18(22(2)13-16)19(24)21-11-15-7-3-4-8-17(15)20/h3-4,7-8,10,13-14H,5-6,9,11-12H2,1-2H3,(H,21,24)/t14-/m0/s1. The fraction of sp³-hybridized carbons (Fsp3) is 0.421. The molecule has 1 fully saturated rings. The van der Waals surface area contributed by atoms with Gasteiger partial charge >= 0.3 is 0 Å². The average molecular weight is 410 g/mol. The Kier molecular flexibility index (Phi) is 5.93. The fourth-order valence-corrected chi connectivity index (χ4v) is 5.20. The zero-order valence-corrected chi connectivity index (χ0v) is 17.1. The number of nitrogens with one attached hydrogen (secondary N) is 1. The number of benzene rings is 1. The maximum Gasteiger partial charge on any atom is 0.268 e. The maximum atomic E-state index is 12.9. The molecule has 1 aliphatic rings. The molecule has 0 aliphatic carbocycles. The molecule has 2 heterocycles. The molecule has 146 valence electrons. The number of sulfonamides is 1. The van der Waals surface area contributed by atoms with E-state index in [9.17, 15) is 13.2 Å². The highest BCUT2D eigenvalue weighted by Crippen LogP contribution is 2.24. The molecule has 3 rings (SSSR count). The second-order valence-electron chi connectivity index (χ2n) is 7.06. The van der Waals surface area contributed by atoms with Crippen LogP contribution in [0, 0.1) is 5.92 Å². The van der Waals surface area contributed by atoms with Crippen molar-refractivity contribution in [1.82, 2.24) is 14.2 Å². The molecule has 0 saturated carbocycles. The number of aromatic nitrogens is 1. The number of carbonyl (C=O) groups is 1. The molecule has 1 aliphatic heterocycles. The third kappa shape index (κ3) is 4.36. The van der Waals surface area contributed by atoms with Gasteiger partial charge in [0.25, 0.3) is 5.91 Å². The topological polar surface area (TPSA) is 71.4 Å². The summed E-state index contributed by atoms with van der Waals surface area (Å²) in [6.45, 7) is 3.37. The van der Waals surface area contributed by atoms with Gasteiger partial charge in [-0.05, 0) is 36.5 Å². The van der Waals surface area contributed by atoms with Crippen LogP contribution in [0.2, 0.25) is 5.02 Å². The first-order valence-corrected chi connectivity index (χ1v) is 10.8. The quantitative estimate of drug-likeness (QED) is 0.825. The van der Waals surface area contributed by atoms with Crippen molar-refractivity contribution in [3.05, 3.63) is 52.8 Å². The first kappa shape index (κ1) is 19.9. The summed E-state index contributed by atoms with van der Waals surface area (Å²) in [6, 6.07) is 8.71. The Bertz CT molecular complexity index is 939. The molecule has 1 aromatic heterocycles. The van der Waals surface area contributed by atoms with Crippen LogP contribution in [0.25, 0.3) is 0 Å². The van der Waals surface area contributed by atoms with Crippen LogP contribution in [0.1, 0.15) is 35.8 Å². The van der Waals surface area contributed by atoms with Gasteiger partial charge in [-0.25, -0.2) is 8.42 Å². The highest BCUT2D eigenvalue weighted by atomic mass is 35.5. The molecule has 1 saturated heterocycles. The Morgan fingerprint density at radius 1 is 1.33 bits per heavy atom. The summed E-state index contributed by atoms with van der Waals surface area (Å²) in [5.41, 5.74) is 1.10. The monoisotopic (exact) mass is 409 g/mol. The normalized spacial score (nSPS) is 18.4. The summed E-state index contributed by atoms with van der Waals surface area (Å²) in [5, 5.41) is 3.37. The lowest BCUT2D eigenvalue weighted by atomic mass is 10.0. The Labute approximate surface area is 165 Å². The Morgan fingerprint density at radius 3 is 2.78 bits per heavy atom. The number of carbonyl (C=O) groups excluding carboxylic acids is 1. The lowest BCUT2D eigenvalue weighted by Crippen LogP contribution is -2.38. The number of halogens is 1. The van der Waals surface area contributed by atoms with E-state index in [1.165, 1.54) is 16.6 Å². The van der Waals surface area contributed by atoms with Crippen molar-refractivity contribution in [2.45, 2.75) is 31.2 Å². The van der Waals surface area contributed by atoms with Gasteiger partial charge in [0, 0.05) is 37.9 Å². The van der Waals surface area contributed by atoms with Gasteiger partial charge < -0.3 is 9.88 Å². The summed E-state index contributed by atoms with van der Waals surface area (Å²) in [7, 11) is -1.92. The molecule has 6 nitrogen and oxygen atoms in total. The molecule has 0 bridgehead atoms. The van der Waals surface area contributed by atoms with E-state index in [4.69, 9.17) is 11.6 Å². The van der Waals surface area contributed by atoms with E-state index in [2.05, 4.69) is 12.2 Å². The van der Waals surface area contributed by atoms with Crippen molar-refractivity contribution in [3.63, 3.8) is 0 Å². The second-order valence-corrected chi connectivity index (χ2v) is 9.40. The van der Waals surface area contributed by atoms with Crippen molar-refractivity contribution >= 4 is 27.5 Å². The summed E-state index contributed by atoms with van der Waals surface area (Å²) in [6.07, 6.45) is 3.40. The van der Waals surface area contributed by atoms with Crippen LogP contribution in [0.5, 0.6) is 0 Å². The predicted octanol–water partition coefficient (Wildman–Crippen LogP) is 3.03. The van der Waals surface area contributed by atoms with E-state index in [1.54, 1.807) is 17.7 Å². The number of rotatable bonds is 5. The average Bonchev–Trinajstić information content (AvgIpc) is 3.03. The molecule has 2 aromatic rings. The van der Waals surface area contributed by atoms with Gasteiger partial charge in [-0.15, -0.1) is 0 Å². The van der Waals surface area contributed by atoms with Gasteiger partial charge in [0.1, 0.15) is 10.6 Å². The number of piperidine rings is 1. The molecule has 1 aromatic carbocycles. The highest BCUT2D eigenvalue weighted by molar-refractivity contribution is 7.89. The Hall–Kier alpha value is -1.83. The van der Waals surface area contributed by atoms with Gasteiger partial charge in [0.2, 0.25) is 10.0 Å². The van der Waals surface area contributed by atoms with Gasteiger partial charge in [-0.2, -0.15) is 4.31 Å². The van der Waals surface area contributed by atoms with E-state index < -0.39 is 10.0 Å². The van der Waals surface area contributed by atoms with Crippen molar-refractivity contribution in [2.75, 3.05) is 13.1 Å². The van der Waals surface area contributed by atoms with E-state index >= 15 is 0 Å². The number of aryl methyl sites for hydroxylation is 1. The first-order chi connectivity index (χ1) is 12.8. The summed E-state index contributed by atoms with van der Waals surface area (Å²) in [5.74, 6) is 0.00140. The Morgan fingerprint density at radius 2 is 2.07 bits per heavy atom. The third-order valence-corrected chi connectivity index (χ3v) is 7.07. The SMILES string of the molecule is C[C@H]1CCCN(S(=O)(=O)c2cc(C(=O)NCc3ccccc3Cl)n(C)c2)C1. The zero-order valence-electron chi connectivity index (χ0n) is 15.5. The number of nitrogens with zero attached hydrogens (tertiary/aromatic N) is 2. The minimum atomic E-state index is -3.59. The van der Waals surface area contributed by atoms with E-state index in [0.29, 0.717) is 29.7 Å². The maximum absolute atomic E-state index is 12.9. The van der Waals surface area contributed by atoms with Crippen LogP contribution in [0.4, 0.5) is 0 Å². The number of hydrogen-bond donors (Lipinski definition) is 1. The van der Waals surface area contributed by atoms with Crippen LogP contribution >= 0.6 is 11.6 Å². The number of hydrogen-bond acceptors (Lipinski definition) is 3. The summed E-state index contributed by atoms with van der Waals surface area (Å²) < 4.78 is 28.9. The molecular weight excluding hydrogens is 386 g/mol. The smallest absolute Gasteiger partial charge is 0.268 e. The van der Waals surface area contributed by atoms with Crippen LogP contribution in [-0.2, 0) is 23.6 Å². The van der Waals surface area contributed by atoms with Crippen LogP contribution < -0.4 is 5.32 Å². The largest absolute Gasteiger partial charge is 0.347 e. The van der Waals surface area contributed by atoms with Gasteiger partial charge in [-0.3, -0.25) is 4.79 Å². The van der Waals surface area contributed by atoms with Crippen LogP contribution in [0.15, 0.2) is 41.4 Å². The second kappa shape index (κ2) is 8.04. The summed E-state index contributed by atoms with van der Waals surface area (Å²) in [4.78, 5) is 12.7. The fourth-order valence-electron chi connectivity index (χ4n) is 3.32. The zero-order chi connectivity index (χ0) is 19.6. The van der Waals surface area contributed by atoms with E-state index in [-0.39, 0.29) is 17.3 Å². The molecule has 27 heavy (non-hydrogen) atoms. The van der Waals surface area contributed by atoms with Crippen molar-refractivity contribution in [2.24, 2.45) is 13.0 Å². The van der Waals surface area contributed by atoms with Crippen molar-refractivity contribution < 1.29 is 13.2 Å². The molecule has 8 heteroatoms. The lowest BCUT2D eigenvalue weighted by Gasteiger charge is -2.29. The molecule has 1 amide bonds. The third-order valence-electron chi connectivity index (χ3n) is 4.87. The highest BCUT2D eigenvalue weighted by Gasteiger charge is 2.30. The lowest BCUT2D eigenvalue weighted by molar-refractivity contribution is 0.0943. The summed E-state index contributed by atoms with van der Waals surface area (Å²) >= 11 is 6.11. The van der Waals surface area contributed by atoms with E-state index in [0.717, 1.165) is 18.4 Å². The molecule has 0 radical (unpaired) electrons. The molecular formula is C19H24ClN3O3S. The van der Waals surface area contributed by atoms with Crippen molar-refractivity contribution in [1.29, 1.82) is 0 Å². The van der Waals surface area contributed by atoms with Gasteiger partial charge in [0.15, 0.2) is 0 Å². The minimum Gasteiger partial charge on any atom is -0.347 e. The molecule has 1 atom stereocenters. The molecule has 0 spiro atoms. The van der Waals surface area contributed by atoms with Crippen LogP contribution in [-0.4, -0.2) is 36.3 Å². The van der Waals surface area contributed by atoms with Crippen LogP contribution in [0.3, 0.4) is 0 Å². The Balaban J connectivity index is 1.75. The molecule has 0 unspecified atom stereocenters. The minimum absolute atomic E-state index is 0.155. The van der Waals surface area contributed by atoms with Gasteiger partial charge in [-0.1, -0.05) is 36.7 Å². The van der Waals surface area contributed by atoms with E-state index in [1.807, 2.05) is 18.2 Å². The van der Waals surface area contributed by atoms with Gasteiger partial charge in [0.05, 0.1) is 0 Å². The van der Waals surface area contributed by atoms with Crippen molar-refractivity contribution in [3.8, 4) is 0 Å². The first-order valence-electron chi connectivity index (χ1n) is 8.97.